The van der Waals surface area contributed by atoms with Gasteiger partial charge in [-0.3, -0.25) is 0 Å². The van der Waals surface area contributed by atoms with Gasteiger partial charge in [-0.15, -0.1) is 11.6 Å². The molecule has 3 nitrogen and oxygen atoms in total. The molecular formula is C19H24ClNO2S. The number of benzene rings is 2. The largest absolute Gasteiger partial charge is 0.243 e. The number of hydrogen-bond donors (Lipinski definition) is 0. The lowest BCUT2D eigenvalue weighted by atomic mass is 10.1. The summed E-state index contributed by atoms with van der Waals surface area (Å²) >= 11 is 6.51. The lowest BCUT2D eigenvalue weighted by molar-refractivity contribution is 0.353. The molecule has 24 heavy (non-hydrogen) atoms. The van der Waals surface area contributed by atoms with Gasteiger partial charge in [0.1, 0.15) is 0 Å². The molecule has 0 bridgehead atoms. The number of aryl methyl sites for hydroxylation is 2. The zero-order chi connectivity index (χ0) is 17.9. The molecule has 0 amide bonds. The second-order valence-electron chi connectivity index (χ2n) is 6.36. The van der Waals surface area contributed by atoms with Crippen LogP contribution >= 0.6 is 11.6 Å². The van der Waals surface area contributed by atoms with Crippen LogP contribution in [-0.2, 0) is 10.0 Å². The van der Waals surface area contributed by atoms with E-state index in [4.69, 9.17) is 11.6 Å². The Kier molecular flexibility index (Phi) is 6.07. The van der Waals surface area contributed by atoms with E-state index in [9.17, 15) is 8.42 Å². The standard InChI is InChI=1S/C19H24ClNO2S/c1-14(2)21(13-19(20)17-9-5-15(3)6-10-17)24(22,23)18-11-7-16(4)8-12-18/h5-12,14,19H,13H2,1-4H3. The minimum absolute atomic E-state index is 0.178. The summed E-state index contributed by atoms with van der Waals surface area (Å²) in [6.07, 6.45) is 0. The van der Waals surface area contributed by atoms with Crippen molar-refractivity contribution >= 4 is 21.6 Å². The Morgan fingerprint density at radius 1 is 0.917 bits per heavy atom. The molecule has 130 valence electrons. The monoisotopic (exact) mass is 365 g/mol. The van der Waals surface area contributed by atoms with Gasteiger partial charge in [0.15, 0.2) is 0 Å². The SMILES string of the molecule is Cc1ccc(C(Cl)CN(C(C)C)S(=O)(=O)c2ccc(C)cc2)cc1. The molecule has 0 heterocycles. The second-order valence-corrected chi connectivity index (χ2v) is 8.78. The lowest BCUT2D eigenvalue weighted by Crippen LogP contribution is -2.39. The molecule has 0 fully saturated rings. The average Bonchev–Trinajstić information content (AvgIpc) is 2.53. The van der Waals surface area contributed by atoms with Crippen LogP contribution in [0.2, 0.25) is 0 Å². The molecule has 0 aromatic heterocycles. The molecule has 0 spiro atoms. The van der Waals surface area contributed by atoms with Gasteiger partial charge in [-0.2, -0.15) is 4.31 Å². The van der Waals surface area contributed by atoms with Crippen molar-refractivity contribution in [2.75, 3.05) is 6.54 Å². The quantitative estimate of drug-likeness (QED) is 0.697. The maximum atomic E-state index is 13.0. The van der Waals surface area contributed by atoms with Gasteiger partial charge in [-0.25, -0.2) is 8.42 Å². The summed E-state index contributed by atoms with van der Waals surface area (Å²) in [5, 5.41) is -0.395. The summed E-state index contributed by atoms with van der Waals surface area (Å²) in [6.45, 7) is 7.91. The number of nitrogens with zero attached hydrogens (tertiary/aromatic N) is 1. The van der Waals surface area contributed by atoms with Gasteiger partial charge in [0.05, 0.1) is 10.3 Å². The molecule has 0 saturated heterocycles. The molecule has 2 rings (SSSR count). The Morgan fingerprint density at radius 2 is 1.38 bits per heavy atom. The third-order valence-corrected chi connectivity index (χ3v) is 6.43. The first-order valence-electron chi connectivity index (χ1n) is 8.01. The van der Waals surface area contributed by atoms with Crippen molar-refractivity contribution in [1.82, 2.24) is 4.31 Å². The Bertz CT molecular complexity index is 768. The van der Waals surface area contributed by atoms with E-state index in [1.807, 2.05) is 64.1 Å². The summed E-state index contributed by atoms with van der Waals surface area (Å²) in [5.41, 5.74) is 3.10. The summed E-state index contributed by atoms with van der Waals surface area (Å²) in [7, 11) is -3.58. The van der Waals surface area contributed by atoms with Crippen molar-refractivity contribution in [2.45, 2.75) is 44.0 Å². The Labute approximate surface area is 150 Å². The smallest absolute Gasteiger partial charge is 0.207 e. The van der Waals surface area contributed by atoms with Gasteiger partial charge in [-0.1, -0.05) is 47.5 Å². The Balaban J connectivity index is 2.28. The van der Waals surface area contributed by atoms with Crippen LogP contribution in [0.1, 0.15) is 35.9 Å². The molecule has 1 atom stereocenters. The van der Waals surface area contributed by atoms with Crippen molar-refractivity contribution in [1.29, 1.82) is 0 Å². The molecule has 0 N–H and O–H groups in total. The highest BCUT2D eigenvalue weighted by Gasteiger charge is 2.29. The van der Waals surface area contributed by atoms with Crippen LogP contribution in [0.5, 0.6) is 0 Å². The summed E-state index contributed by atoms with van der Waals surface area (Å²) in [6, 6.07) is 14.6. The molecule has 0 aliphatic carbocycles. The van der Waals surface area contributed by atoms with Crippen LogP contribution in [0, 0.1) is 13.8 Å². The highest BCUT2D eigenvalue weighted by Crippen LogP contribution is 2.27. The Hall–Kier alpha value is -1.36. The van der Waals surface area contributed by atoms with E-state index in [2.05, 4.69) is 0 Å². The molecule has 0 aliphatic heterocycles. The van der Waals surface area contributed by atoms with Gasteiger partial charge < -0.3 is 0 Å². The first-order valence-corrected chi connectivity index (χ1v) is 9.88. The number of hydrogen-bond acceptors (Lipinski definition) is 2. The molecule has 1 unspecified atom stereocenters. The lowest BCUT2D eigenvalue weighted by Gasteiger charge is -2.28. The van der Waals surface area contributed by atoms with Crippen LogP contribution in [0.15, 0.2) is 53.4 Å². The van der Waals surface area contributed by atoms with Gasteiger partial charge in [0.25, 0.3) is 0 Å². The van der Waals surface area contributed by atoms with E-state index in [1.54, 1.807) is 12.1 Å². The zero-order valence-electron chi connectivity index (χ0n) is 14.5. The fraction of sp³-hybridized carbons (Fsp3) is 0.368. The van der Waals surface area contributed by atoms with Crippen LogP contribution in [0.3, 0.4) is 0 Å². The fourth-order valence-electron chi connectivity index (χ4n) is 2.47. The first-order chi connectivity index (χ1) is 11.2. The van der Waals surface area contributed by atoms with Crippen LogP contribution in [-0.4, -0.2) is 25.3 Å². The third-order valence-electron chi connectivity index (χ3n) is 3.98. The highest BCUT2D eigenvalue weighted by atomic mass is 35.5. The first kappa shape index (κ1) is 19.0. The molecule has 2 aromatic carbocycles. The van der Waals surface area contributed by atoms with Crippen molar-refractivity contribution in [2.24, 2.45) is 0 Å². The average molecular weight is 366 g/mol. The van der Waals surface area contributed by atoms with Crippen molar-refractivity contribution in [3.63, 3.8) is 0 Å². The molecular weight excluding hydrogens is 342 g/mol. The van der Waals surface area contributed by atoms with E-state index in [0.717, 1.165) is 16.7 Å². The summed E-state index contributed by atoms with van der Waals surface area (Å²) in [4.78, 5) is 0.301. The minimum atomic E-state index is -3.58. The van der Waals surface area contributed by atoms with Crippen molar-refractivity contribution < 1.29 is 8.42 Å². The molecule has 0 saturated carbocycles. The van der Waals surface area contributed by atoms with Gasteiger partial charge in [0.2, 0.25) is 10.0 Å². The molecule has 2 aromatic rings. The third kappa shape index (κ3) is 4.38. The summed E-state index contributed by atoms with van der Waals surface area (Å²) < 4.78 is 27.4. The highest BCUT2D eigenvalue weighted by molar-refractivity contribution is 7.89. The molecule has 0 radical (unpaired) electrons. The second kappa shape index (κ2) is 7.68. The molecule has 0 aliphatic rings. The molecule has 5 heteroatoms. The van der Waals surface area contributed by atoms with E-state index < -0.39 is 15.4 Å². The zero-order valence-corrected chi connectivity index (χ0v) is 16.1. The van der Waals surface area contributed by atoms with Crippen molar-refractivity contribution in [3.05, 3.63) is 65.2 Å². The van der Waals surface area contributed by atoms with E-state index in [1.165, 1.54) is 4.31 Å². The minimum Gasteiger partial charge on any atom is -0.207 e. The van der Waals surface area contributed by atoms with E-state index in [-0.39, 0.29) is 12.6 Å². The summed E-state index contributed by atoms with van der Waals surface area (Å²) in [5.74, 6) is 0. The maximum absolute atomic E-state index is 13.0. The number of rotatable bonds is 6. The van der Waals surface area contributed by atoms with Crippen LogP contribution in [0.25, 0.3) is 0 Å². The van der Waals surface area contributed by atoms with Crippen LogP contribution in [0.4, 0.5) is 0 Å². The normalized spacial score (nSPS) is 13.5. The van der Waals surface area contributed by atoms with Crippen molar-refractivity contribution in [3.8, 4) is 0 Å². The predicted molar refractivity (Wildman–Crippen MR) is 100.0 cm³/mol. The number of halogens is 1. The van der Waals surface area contributed by atoms with E-state index >= 15 is 0 Å². The van der Waals surface area contributed by atoms with Gasteiger partial charge >= 0.3 is 0 Å². The Morgan fingerprint density at radius 3 is 1.83 bits per heavy atom. The number of sulfonamides is 1. The van der Waals surface area contributed by atoms with Crippen LogP contribution < -0.4 is 0 Å². The predicted octanol–water partition coefficient (Wildman–Crippen LogP) is 4.68. The fourth-order valence-corrected chi connectivity index (χ4v) is 4.50. The van der Waals surface area contributed by atoms with Gasteiger partial charge in [-0.05, 0) is 45.4 Å². The topological polar surface area (TPSA) is 37.4 Å². The maximum Gasteiger partial charge on any atom is 0.243 e. The van der Waals surface area contributed by atoms with Gasteiger partial charge in [0, 0.05) is 12.6 Å². The van der Waals surface area contributed by atoms with E-state index in [0.29, 0.717) is 4.90 Å². The number of alkyl halides is 1.